The van der Waals surface area contributed by atoms with E-state index in [1.165, 1.54) is 0 Å². The van der Waals surface area contributed by atoms with Crippen molar-refractivity contribution < 1.29 is 39.0 Å². The molecule has 0 rings (SSSR count). The lowest BCUT2D eigenvalue weighted by atomic mass is 10.0. The first-order valence-corrected chi connectivity index (χ1v) is 13.0. The Kier molecular flexibility index (Phi) is 17.2. The third kappa shape index (κ3) is 16.4. The van der Waals surface area contributed by atoms with Crippen LogP contribution in [0.3, 0.4) is 0 Å². The summed E-state index contributed by atoms with van der Waals surface area (Å²) in [5.74, 6) is -7.00. The molecule has 0 saturated carbocycles. The molecule has 16 N–H and O–H groups in total. The van der Waals surface area contributed by atoms with Gasteiger partial charge in [-0.3, -0.25) is 34.0 Å². The average Bonchev–Trinajstić information content (AvgIpc) is 2.88. The molecule has 4 atom stereocenters. The minimum absolute atomic E-state index is 0.0139. The molecule has 0 bridgehead atoms. The lowest BCUT2D eigenvalue weighted by molar-refractivity contribution is -0.143. The molecule has 0 spiro atoms. The van der Waals surface area contributed by atoms with Crippen LogP contribution in [0.4, 0.5) is 0 Å². The van der Waals surface area contributed by atoms with E-state index >= 15 is 0 Å². The average molecular weight is 602 g/mol. The maximum absolute atomic E-state index is 12.9. The number of aliphatic carboxylic acids is 2. The molecule has 0 unspecified atom stereocenters. The number of carbonyl (C=O) groups is 6. The third-order valence-electron chi connectivity index (χ3n) is 5.56. The molecule has 0 aliphatic carbocycles. The summed E-state index contributed by atoms with van der Waals surface area (Å²) in [6.07, 6.45) is -0.00796. The highest BCUT2D eigenvalue weighted by molar-refractivity contribution is 5.96. The molecule has 4 amide bonds. The molecule has 0 aliphatic rings. The summed E-state index contributed by atoms with van der Waals surface area (Å²) in [4.78, 5) is 80.8. The Morgan fingerprint density at radius 1 is 0.738 bits per heavy atom. The van der Waals surface area contributed by atoms with Gasteiger partial charge in [-0.15, -0.1) is 0 Å². The van der Waals surface area contributed by atoms with Crippen molar-refractivity contribution in [2.75, 3.05) is 19.6 Å². The van der Waals surface area contributed by atoms with Crippen molar-refractivity contribution in [2.45, 2.75) is 70.1 Å². The zero-order valence-electron chi connectivity index (χ0n) is 23.7. The van der Waals surface area contributed by atoms with Gasteiger partial charge in [0.25, 0.3) is 0 Å². The Hall–Kier alpha value is -4.68. The molecule has 0 heterocycles. The quantitative estimate of drug-likeness (QED) is 0.0355. The molecule has 0 saturated heterocycles. The molecular weight excluding hydrogens is 558 g/mol. The Balaban J connectivity index is 5.22. The van der Waals surface area contributed by atoms with Crippen LogP contribution >= 0.6 is 0 Å². The van der Waals surface area contributed by atoms with Crippen molar-refractivity contribution >= 4 is 47.5 Å². The second-order valence-electron chi connectivity index (χ2n) is 9.57. The summed E-state index contributed by atoms with van der Waals surface area (Å²) in [6, 6.07) is -5.19. The van der Waals surface area contributed by atoms with Crippen LogP contribution < -0.4 is 49.9 Å². The number of aliphatic imine (C=N–C) groups is 2. The maximum Gasteiger partial charge on any atom is 0.326 e. The van der Waals surface area contributed by atoms with Gasteiger partial charge in [0.05, 0.1) is 19.0 Å². The van der Waals surface area contributed by atoms with Crippen LogP contribution in [0.15, 0.2) is 9.98 Å². The third-order valence-corrected chi connectivity index (χ3v) is 5.56. The van der Waals surface area contributed by atoms with Gasteiger partial charge in [0.15, 0.2) is 11.9 Å². The lowest BCUT2D eigenvalue weighted by Gasteiger charge is -2.26. The smallest absolute Gasteiger partial charge is 0.326 e. The van der Waals surface area contributed by atoms with Crippen LogP contribution in [0, 0.1) is 5.92 Å². The first kappa shape index (κ1) is 37.3. The molecule has 0 aliphatic heterocycles. The number of nitrogens with zero attached hydrogens (tertiary/aromatic N) is 2. The van der Waals surface area contributed by atoms with Gasteiger partial charge in [0.2, 0.25) is 23.6 Å². The number of guanidine groups is 2. The zero-order valence-corrected chi connectivity index (χ0v) is 23.7. The topological polar surface area (TPSA) is 346 Å². The van der Waals surface area contributed by atoms with E-state index in [-0.39, 0.29) is 44.3 Å². The van der Waals surface area contributed by atoms with Crippen LogP contribution in [-0.4, -0.2) is 102 Å². The molecular formula is C23H43N11O8. The van der Waals surface area contributed by atoms with Gasteiger partial charge in [-0.1, -0.05) is 13.8 Å². The lowest BCUT2D eigenvalue weighted by Crippen LogP contribution is -2.58. The molecule has 19 heteroatoms. The molecule has 0 aromatic rings. The normalized spacial score (nSPS) is 13.4. The molecule has 238 valence electrons. The van der Waals surface area contributed by atoms with Crippen molar-refractivity contribution in [3.8, 4) is 0 Å². The second-order valence-corrected chi connectivity index (χ2v) is 9.57. The summed E-state index contributed by atoms with van der Waals surface area (Å²) in [6.45, 7) is 2.91. The van der Waals surface area contributed by atoms with E-state index in [0.717, 1.165) is 0 Å². The number of amides is 4. The second kappa shape index (κ2) is 19.4. The first-order valence-electron chi connectivity index (χ1n) is 13.0. The van der Waals surface area contributed by atoms with Crippen molar-refractivity contribution in [1.82, 2.24) is 21.3 Å². The summed E-state index contributed by atoms with van der Waals surface area (Å²) < 4.78 is 0. The summed E-state index contributed by atoms with van der Waals surface area (Å²) in [5.41, 5.74) is 26.6. The highest BCUT2D eigenvalue weighted by atomic mass is 16.4. The minimum Gasteiger partial charge on any atom is -0.481 e. The monoisotopic (exact) mass is 601 g/mol. The predicted molar refractivity (Wildman–Crippen MR) is 151 cm³/mol. The van der Waals surface area contributed by atoms with Gasteiger partial charge >= 0.3 is 11.9 Å². The van der Waals surface area contributed by atoms with E-state index in [0.29, 0.717) is 6.42 Å². The summed E-state index contributed by atoms with van der Waals surface area (Å²) >= 11 is 0. The number of carbonyl (C=O) groups excluding carboxylic acids is 4. The van der Waals surface area contributed by atoms with Gasteiger partial charge in [-0.05, 0) is 31.6 Å². The van der Waals surface area contributed by atoms with Gasteiger partial charge < -0.3 is 60.1 Å². The van der Waals surface area contributed by atoms with E-state index in [4.69, 9.17) is 28.7 Å². The number of nitrogens with two attached hydrogens (primary N) is 5. The predicted octanol–water partition coefficient (Wildman–Crippen LogP) is -4.79. The molecule has 0 radical (unpaired) electrons. The minimum atomic E-state index is -1.62. The Labute approximate surface area is 242 Å². The van der Waals surface area contributed by atoms with Crippen LogP contribution in [0.1, 0.15) is 46.0 Å². The van der Waals surface area contributed by atoms with E-state index < -0.39 is 78.6 Å². The van der Waals surface area contributed by atoms with Gasteiger partial charge in [-0.25, -0.2) is 4.79 Å². The van der Waals surface area contributed by atoms with E-state index in [9.17, 15) is 39.0 Å². The van der Waals surface area contributed by atoms with E-state index in [2.05, 4.69) is 31.3 Å². The van der Waals surface area contributed by atoms with Crippen molar-refractivity contribution in [1.29, 1.82) is 0 Å². The fraction of sp³-hybridized carbons (Fsp3) is 0.652. The standard InChI is InChI=1S/C23H43N11O8/c1-11(2)17(20(40)33-13(21(41)42)6-4-8-30-23(27)28)34-19(39)14(9-16(36)37)32-15(35)10-31-18(38)12(24)5-3-7-29-22(25)26/h11-14,17H,3-10,24H2,1-2H3,(H,31,38)(H,32,35)(H,33,40)(H,34,39)(H,36,37)(H,41,42)(H4,25,26,29)(H4,27,28,30)/t12-,13-,14-,17-/m0/s1. The fourth-order valence-corrected chi connectivity index (χ4v) is 3.39. The zero-order chi connectivity index (χ0) is 32.4. The molecule has 0 aromatic carbocycles. The number of hydrogen-bond acceptors (Lipinski definition) is 9. The van der Waals surface area contributed by atoms with Gasteiger partial charge in [0, 0.05) is 13.1 Å². The van der Waals surface area contributed by atoms with Gasteiger partial charge in [-0.2, -0.15) is 0 Å². The van der Waals surface area contributed by atoms with Crippen molar-refractivity contribution in [3.05, 3.63) is 0 Å². The Bertz CT molecular complexity index is 1010. The first-order chi connectivity index (χ1) is 19.5. The van der Waals surface area contributed by atoms with Crippen LogP contribution in [0.25, 0.3) is 0 Å². The van der Waals surface area contributed by atoms with E-state index in [1.54, 1.807) is 13.8 Å². The maximum atomic E-state index is 12.9. The summed E-state index contributed by atoms with van der Waals surface area (Å²) in [7, 11) is 0. The number of hydrogen-bond donors (Lipinski definition) is 11. The highest BCUT2D eigenvalue weighted by Gasteiger charge is 2.32. The Morgan fingerprint density at radius 3 is 1.76 bits per heavy atom. The van der Waals surface area contributed by atoms with Crippen LogP contribution in [0.2, 0.25) is 0 Å². The molecule has 42 heavy (non-hydrogen) atoms. The molecule has 0 fully saturated rings. The largest absolute Gasteiger partial charge is 0.481 e. The molecule has 19 nitrogen and oxygen atoms in total. The number of nitrogens with one attached hydrogen (secondary N) is 4. The summed E-state index contributed by atoms with van der Waals surface area (Å²) in [5, 5.41) is 27.9. The number of rotatable bonds is 20. The highest BCUT2D eigenvalue weighted by Crippen LogP contribution is 2.07. The van der Waals surface area contributed by atoms with E-state index in [1.807, 2.05) is 0 Å². The number of carboxylic acid groups (broad SMARTS) is 2. The fourth-order valence-electron chi connectivity index (χ4n) is 3.39. The van der Waals surface area contributed by atoms with Crippen LogP contribution in [0.5, 0.6) is 0 Å². The number of carboxylic acids is 2. The van der Waals surface area contributed by atoms with Crippen LogP contribution in [-0.2, 0) is 28.8 Å². The Morgan fingerprint density at radius 2 is 1.29 bits per heavy atom. The van der Waals surface area contributed by atoms with Crippen molar-refractivity contribution in [2.24, 2.45) is 44.6 Å². The SMILES string of the molecule is CC(C)[C@H](NC(=O)[C@H](CC(=O)O)NC(=O)CNC(=O)[C@@H](N)CCCN=C(N)N)C(=O)N[C@@H](CCCN=C(N)N)C(=O)O. The molecule has 0 aromatic heterocycles. The van der Waals surface area contributed by atoms with Crippen molar-refractivity contribution in [3.63, 3.8) is 0 Å². The van der Waals surface area contributed by atoms with Gasteiger partial charge in [0.1, 0.15) is 18.1 Å².